The van der Waals surface area contributed by atoms with Crippen molar-refractivity contribution in [3.63, 3.8) is 0 Å². The van der Waals surface area contributed by atoms with Crippen LogP contribution in [0.2, 0.25) is 0 Å². The average molecular weight is 268 g/mol. The summed E-state index contributed by atoms with van der Waals surface area (Å²) in [5.74, 6) is 0. The summed E-state index contributed by atoms with van der Waals surface area (Å²) in [5.41, 5.74) is -0.641. The van der Waals surface area contributed by atoms with Crippen molar-refractivity contribution in [3.05, 3.63) is 36.8 Å². The zero-order chi connectivity index (χ0) is 13.2. The van der Waals surface area contributed by atoms with E-state index in [1.807, 2.05) is 4.90 Å². The molecule has 1 unspecified atom stereocenters. The summed E-state index contributed by atoms with van der Waals surface area (Å²) in [6.07, 6.45) is 3.30. The summed E-state index contributed by atoms with van der Waals surface area (Å²) in [7, 11) is -2.57. The van der Waals surface area contributed by atoms with E-state index < -0.39 is 16.4 Å². The Labute approximate surface area is 109 Å². The molecule has 4 nitrogen and oxygen atoms in total. The largest absolute Gasteiger partial charge is 0.371 e. The van der Waals surface area contributed by atoms with E-state index in [4.69, 9.17) is 0 Å². The van der Waals surface area contributed by atoms with E-state index in [-0.39, 0.29) is 4.90 Å². The first-order valence-electron chi connectivity index (χ1n) is 6.09. The molecule has 99 valence electrons. The predicted octanol–water partition coefficient (Wildman–Crippen LogP) is 1.12. The van der Waals surface area contributed by atoms with E-state index in [9.17, 15) is 13.5 Å². The maximum absolute atomic E-state index is 10.8. The molecule has 1 heterocycles. The van der Waals surface area contributed by atoms with Gasteiger partial charge in [-0.05, 0) is 37.5 Å². The maximum atomic E-state index is 10.8. The highest BCUT2D eigenvalue weighted by Crippen LogP contribution is 2.28. The summed E-state index contributed by atoms with van der Waals surface area (Å²) < 4.78 is 21.6. The highest BCUT2D eigenvalue weighted by Gasteiger charge is 2.31. The van der Waals surface area contributed by atoms with Gasteiger partial charge in [0, 0.05) is 13.1 Å². The molecule has 2 rings (SSSR count). The third-order valence-corrected chi connectivity index (χ3v) is 4.14. The number of benzene rings is 1. The minimum Gasteiger partial charge on any atom is -0.371 e. The summed E-state index contributed by atoms with van der Waals surface area (Å²) in [4.78, 5) is 2.19. The molecule has 0 bridgehead atoms. The monoisotopic (exact) mass is 268 g/mol. The van der Waals surface area contributed by atoms with E-state index in [0.717, 1.165) is 25.9 Å². The van der Waals surface area contributed by atoms with Gasteiger partial charge < -0.3 is 5.11 Å². The van der Waals surface area contributed by atoms with Crippen molar-refractivity contribution in [2.75, 3.05) is 13.1 Å². The van der Waals surface area contributed by atoms with E-state index in [1.165, 1.54) is 18.6 Å². The molecule has 1 aliphatic heterocycles. The number of rotatable bonds is 3. The first-order valence-corrected chi connectivity index (χ1v) is 7.27. The van der Waals surface area contributed by atoms with E-state index in [0.29, 0.717) is 5.56 Å². The van der Waals surface area contributed by atoms with Gasteiger partial charge in [0.2, 0.25) is 0 Å². The molecule has 0 saturated carbocycles. The number of likely N-dealkylation sites (tertiary alicyclic amines) is 1. The average Bonchev–Trinajstić information content (AvgIpc) is 2.40. The lowest BCUT2D eigenvalue weighted by Crippen LogP contribution is -2.46. The second kappa shape index (κ2) is 5.38. The van der Waals surface area contributed by atoms with Crippen LogP contribution in [-0.2, 0) is 16.4 Å². The van der Waals surface area contributed by atoms with E-state index in [1.54, 1.807) is 12.1 Å². The molecule has 1 aliphatic rings. The molecule has 1 saturated heterocycles. The molecular weight excluding hydrogens is 250 g/mol. The van der Waals surface area contributed by atoms with Gasteiger partial charge in [0.25, 0.3) is 0 Å². The maximum Gasteiger partial charge on any atom is 0.168 e. The molecule has 1 atom stereocenters. The Morgan fingerprint density at radius 2 is 1.67 bits per heavy atom. The molecule has 1 N–H and O–H groups in total. The molecule has 1 aromatic rings. The van der Waals surface area contributed by atoms with Crippen molar-refractivity contribution in [2.45, 2.75) is 29.9 Å². The Morgan fingerprint density at radius 3 is 2.17 bits per heavy atom. The van der Waals surface area contributed by atoms with Gasteiger partial charge in [-0.3, -0.25) is 4.90 Å². The molecule has 5 heteroatoms. The van der Waals surface area contributed by atoms with Crippen LogP contribution >= 0.6 is 0 Å². The fourth-order valence-electron chi connectivity index (χ4n) is 2.30. The van der Waals surface area contributed by atoms with Gasteiger partial charge in [-0.25, -0.2) is 8.42 Å². The Morgan fingerprint density at radius 1 is 1.11 bits per heavy atom. The van der Waals surface area contributed by atoms with Crippen molar-refractivity contribution < 1.29 is 13.5 Å². The molecule has 0 spiro atoms. The van der Waals surface area contributed by atoms with Gasteiger partial charge in [-0.2, -0.15) is 0 Å². The lowest BCUT2D eigenvalue weighted by Gasteiger charge is -2.39. The number of thiol groups is 1. The van der Waals surface area contributed by atoms with Crippen molar-refractivity contribution in [2.24, 2.45) is 0 Å². The molecule has 1 fully saturated rings. The molecular formula is C13H18NO3S. The third kappa shape index (κ3) is 2.74. The van der Waals surface area contributed by atoms with Crippen LogP contribution in [0.3, 0.4) is 0 Å². The van der Waals surface area contributed by atoms with Crippen molar-refractivity contribution in [1.29, 1.82) is 0 Å². The molecule has 0 aromatic heterocycles. The lowest BCUT2D eigenvalue weighted by atomic mass is 10.00. The number of piperidine rings is 1. The Bertz CT molecular complexity index is 466. The van der Waals surface area contributed by atoms with Crippen LogP contribution in [0.4, 0.5) is 0 Å². The van der Waals surface area contributed by atoms with Crippen LogP contribution in [0, 0.1) is 6.92 Å². The predicted molar refractivity (Wildman–Crippen MR) is 69.7 cm³/mol. The molecule has 18 heavy (non-hydrogen) atoms. The molecule has 1 radical (unpaired) electrons. The molecule has 0 aliphatic carbocycles. The first kappa shape index (κ1) is 13.5. The van der Waals surface area contributed by atoms with Gasteiger partial charge >= 0.3 is 0 Å². The summed E-state index contributed by atoms with van der Waals surface area (Å²) in [6, 6.07) is 6.26. The van der Waals surface area contributed by atoms with Crippen LogP contribution in [0.15, 0.2) is 29.2 Å². The van der Waals surface area contributed by atoms with Gasteiger partial charge in [0.05, 0.1) is 4.90 Å². The number of hydrogen-bond donors (Lipinski definition) is 2. The Hall–Kier alpha value is -0.910. The van der Waals surface area contributed by atoms with Crippen LogP contribution in [-0.4, -0.2) is 31.5 Å². The minimum atomic E-state index is -2.57. The number of aliphatic hydroxyl groups is 1. The zero-order valence-electron chi connectivity index (χ0n) is 10.2. The molecule has 1 aromatic carbocycles. The van der Waals surface area contributed by atoms with Crippen molar-refractivity contribution in [3.8, 4) is 0 Å². The van der Waals surface area contributed by atoms with Gasteiger partial charge in [0.15, 0.2) is 10.7 Å². The van der Waals surface area contributed by atoms with E-state index >= 15 is 0 Å². The SMILES string of the molecule is [CH2]C(O)(c1ccc([SH](=O)=O)cc1)N1CCCCC1. The first-order chi connectivity index (χ1) is 8.51. The second-order valence-electron chi connectivity index (χ2n) is 4.67. The Balaban J connectivity index is 2.22. The van der Waals surface area contributed by atoms with Crippen LogP contribution < -0.4 is 0 Å². The highest BCUT2D eigenvalue weighted by atomic mass is 32.2. The summed E-state index contributed by atoms with van der Waals surface area (Å²) in [5, 5.41) is 10.5. The van der Waals surface area contributed by atoms with Crippen LogP contribution in [0.5, 0.6) is 0 Å². The number of hydrogen-bond acceptors (Lipinski definition) is 4. The topological polar surface area (TPSA) is 57.6 Å². The smallest absolute Gasteiger partial charge is 0.168 e. The quantitative estimate of drug-likeness (QED) is 0.807. The normalized spacial score (nSPS) is 20.8. The van der Waals surface area contributed by atoms with Crippen molar-refractivity contribution >= 4 is 10.7 Å². The van der Waals surface area contributed by atoms with Gasteiger partial charge in [-0.1, -0.05) is 18.6 Å². The molecule has 0 amide bonds. The summed E-state index contributed by atoms with van der Waals surface area (Å²) in [6.45, 7) is 5.50. The van der Waals surface area contributed by atoms with E-state index in [2.05, 4.69) is 6.92 Å². The third-order valence-electron chi connectivity index (χ3n) is 3.42. The van der Waals surface area contributed by atoms with Gasteiger partial charge in [-0.15, -0.1) is 0 Å². The van der Waals surface area contributed by atoms with Crippen molar-refractivity contribution in [1.82, 2.24) is 4.90 Å². The van der Waals surface area contributed by atoms with Crippen LogP contribution in [0.25, 0.3) is 0 Å². The fourth-order valence-corrected chi connectivity index (χ4v) is 2.69. The Kier molecular flexibility index (Phi) is 4.04. The van der Waals surface area contributed by atoms with Gasteiger partial charge in [0.1, 0.15) is 5.72 Å². The zero-order valence-corrected chi connectivity index (χ0v) is 11.1. The number of nitrogens with zero attached hydrogens (tertiary/aromatic N) is 1. The summed E-state index contributed by atoms with van der Waals surface area (Å²) >= 11 is 0. The fraction of sp³-hybridized carbons (Fsp3) is 0.462. The van der Waals surface area contributed by atoms with Crippen LogP contribution in [0.1, 0.15) is 24.8 Å². The standard InChI is InChI=1S/C13H18NO3S/c1-13(15,14-9-3-2-4-10-14)11-5-7-12(8-6-11)18(16)17/h5-8,15,18H,1-4,9-10H2. The lowest BCUT2D eigenvalue weighted by molar-refractivity contribution is -0.0857. The second-order valence-corrected chi connectivity index (χ2v) is 5.70. The minimum absolute atomic E-state index is 0.253. The highest BCUT2D eigenvalue weighted by molar-refractivity contribution is 7.72.